The molecule has 6 nitrogen and oxygen atoms in total. The second-order valence-corrected chi connectivity index (χ2v) is 6.04. The molecule has 3 aromatic rings. The summed E-state index contributed by atoms with van der Waals surface area (Å²) in [5.41, 5.74) is 8.98. The van der Waals surface area contributed by atoms with Crippen LogP contribution in [0.5, 0.6) is 0 Å². The molecule has 10 heteroatoms. The molecule has 0 aliphatic rings. The van der Waals surface area contributed by atoms with Crippen LogP contribution in [0.15, 0.2) is 61.1 Å². The van der Waals surface area contributed by atoms with Crippen LogP contribution in [0.3, 0.4) is 0 Å². The molecule has 0 amide bonds. The van der Waals surface area contributed by atoms with E-state index >= 15 is 0 Å². The lowest BCUT2D eigenvalue weighted by Crippen LogP contribution is -2.21. The zero-order valence-electron chi connectivity index (χ0n) is 15.5. The lowest BCUT2D eigenvalue weighted by molar-refractivity contribution is -0.192. The second kappa shape index (κ2) is 10.3. The van der Waals surface area contributed by atoms with Crippen molar-refractivity contribution in [3.63, 3.8) is 0 Å². The molecule has 4 N–H and O–H groups in total. The molecule has 2 aromatic heterocycles. The molecule has 0 radical (unpaired) electrons. The molecular weight excluding hydrogens is 404 g/mol. The molecule has 3 rings (SSSR count). The minimum absolute atomic E-state index is 0.220. The molecule has 0 fully saturated rings. The molecule has 0 aliphatic carbocycles. The van der Waals surface area contributed by atoms with Gasteiger partial charge in [0, 0.05) is 37.2 Å². The van der Waals surface area contributed by atoms with Gasteiger partial charge in [-0.25, -0.2) is 14.2 Å². The van der Waals surface area contributed by atoms with E-state index in [1.807, 2.05) is 24.3 Å². The Labute approximate surface area is 169 Å². The molecule has 0 atom stereocenters. The first-order chi connectivity index (χ1) is 14.2. The number of anilines is 1. The van der Waals surface area contributed by atoms with Crippen LogP contribution in [0.25, 0.3) is 11.1 Å². The van der Waals surface area contributed by atoms with E-state index < -0.39 is 12.1 Å². The first-order valence-corrected chi connectivity index (χ1v) is 8.57. The fraction of sp³-hybridized carbons (Fsp3) is 0.150. The van der Waals surface area contributed by atoms with Crippen molar-refractivity contribution in [3.05, 3.63) is 78.0 Å². The lowest BCUT2D eigenvalue weighted by atomic mass is 10.0. The van der Waals surface area contributed by atoms with Gasteiger partial charge in [0.25, 0.3) is 0 Å². The summed E-state index contributed by atoms with van der Waals surface area (Å²) >= 11 is 0. The van der Waals surface area contributed by atoms with Gasteiger partial charge in [0.15, 0.2) is 0 Å². The summed E-state index contributed by atoms with van der Waals surface area (Å²) in [6, 6.07) is 12.7. The van der Waals surface area contributed by atoms with E-state index in [0.29, 0.717) is 24.5 Å². The number of nitrogens with zero attached hydrogens (tertiary/aromatic N) is 2. The van der Waals surface area contributed by atoms with Gasteiger partial charge in [0.1, 0.15) is 11.6 Å². The van der Waals surface area contributed by atoms with Gasteiger partial charge < -0.3 is 16.2 Å². The van der Waals surface area contributed by atoms with Gasteiger partial charge in [0.05, 0.1) is 0 Å². The maximum absolute atomic E-state index is 14.2. The minimum atomic E-state index is -5.08. The SMILES string of the molecule is Nc1ccc(CNCc2ccc(-c3ccncc3)cc2F)cn1.O=C(O)C(F)(F)F. The number of aromatic nitrogens is 2. The fourth-order valence-electron chi connectivity index (χ4n) is 2.30. The third-order valence-corrected chi connectivity index (χ3v) is 3.80. The Morgan fingerprint density at radius 2 is 1.70 bits per heavy atom. The predicted octanol–water partition coefficient (Wildman–Crippen LogP) is 3.79. The Morgan fingerprint density at radius 1 is 1.03 bits per heavy atom. The van der Waals surface area contributed by atoms with Crippen molar-refractivity contribution < 1.29 is 27.5 Å². The van der Waals surface area contributed by atoms with Crippen molar-refractivity contribution >= 4 is 11.8 Å². The number of nitrogens with two attached hydrogens (primary N) is 1. The van der Waals surface area contributed by atoms with E-state index in [2.05, 4.69) is 15.3 Å². The number of rotatable bonds is 5. The molecule has 158 valence electrons. The van der Waals surface area contributed by atoms with Crippen LogP contribution in [0.1, 0.15) is 11.1 Å². The van der Waals surface area contributed by atoms with E-state index in [1.165, 1.54) is 0 Å². The van der Waals surface area contributed by atoms with Gasteiger partial charge in [-0.3, -0.25) is 4.98 Å². The summed E-state index contributed by atoms with van der Waals surface area (Å²) < 4.78 is 46.0. The fourth-order valence-corrected chi connectivity index (χ4v) is 2.30. The lowest BCUT2D eigenvalue weighted by Gasteiger charge is -2.08. The number of nitrogen functional groups attached to an aromatic ring is 1. The number of benzene rings is 1. The van der Waals surface area contributed by atoms with Crippen molar-refractivity contribution in [3.8, 4) is 11.1 Å². The third kappa shape index (κ3) is 7.13. The Bertz CT molecular complexity index is 965. The highest BCUT2D eigenvalue weighted by atomic mass is 19.4. The average molecular weight is 422 g/mol. The minimum Gasteiger partial charge on any atom is -0.475 e. The standard InChI is InChI=1S/C18H17FN4.C2HF3O2/c19-17-9-15(14-5-7-21-8-6-14)2-3-16(17)12-22-10-13-1-4-18(20)23-11-13;3-2(4,5)1(6)7/h1-9,11,22H,10,12H2,(H2,20,23);(H,6,7). The van der Waals surface area contributed by atoms with Gasteiger partial charge >= 0.3 is 12.1 Å². The Kier molecular flexibility index (Phi) is 7.82. The molecule has 0 saturated carbocycles. The zero-order valence-corrected chi connectivity index (χ0v) is 15.5. The summed E-state index contributed by atoms with van der Waals surface area (Å²) in [6.45, 7) is 1.06. The van der Waals surface area contributed by atoms with Crippen molar-refractivity contribution in [1.82, 2.24) is 15.3 Å². The molecule has 1 aromatic carbocycles. The zero-order chi connectivity index (χ0) is 22.1. The average Bonchev–Trinajstić information content (AvgIpc) is 2.71. The number of alkyl halides is 3. The third-order valence-electron chi connectivity index (χ3n) is 3.80. The molecule has 30 heavy (non-hydrogen) atoms. The van der Waals surface area contributed by atoms with E-state index in [1.54, 1.807) is 36.8 Å². The van der Waals surface area contributed by atoms with E-state index in [9.17, 15) is 17.6 Å². The van der Waals surface area contributed by atoms with Crippen LogP contribution < -0.4 is 11.1 Å². The van der Waals surface area contributed by atoms with Gasteiger partial charge in [-0.1, -0.05) is 18.2 Å². The molecular formula is C20H18F4N4O2. The van der Waals surface area contributed by atoms with Gasteiger partial charge in [-0.15, -0.1) is 0 Å². The van der Waals surface area contributed by atoms with Gasteiger partial charge in [0.2, 0.25) is 0 Å². The van der Waals surface area contributed by atoms with E-state index in [4.69, 9.17) is 15.6 Å². The number of carboxylic acid groups (broad SMARTS) is 1. The van der Waals surface area contributed by atoms with Crippen molar-refractivity contribution in [1.29, 1.82) is 0 Å². The summed E-state index contributed by atoms with van der Waals surface area (Å²) in [5, 5.41) is 10.3. The number of hydrogen-bond acceptors (Lipinski definition) is 5. The maximum Gasteiger partial charge on any atom is 0.490 e. The normalized spacial score (nSPS) is 10.8. The Hall–Kier alpha value is -3.53. The van der Waals surface area contributed by atoms with Crippen molar-refractivity contribution in [2.75, 3.05) is 5.73 Å². The summed E-state index contributed by atoms with van der Waals surface area (Å²) in [5.74, 6) is -2.48. The first kappa shape index (κ1) is 22.8. The monoisotopic (exact) mass is 422 g/mol. The summed E-state index contributed by atoms with van der Waals surface area (Å²) in [7, 11) is 0. The van der Waals surface area contributed by atoms with Crippen molar-refractivity contribution in [2.45, 2.75) is 19.3 Å². The van der Waals surface area contributed by atoms with Crippen LogP contribution in [0.4, 0.5) is 23.4 Å². The smallest absolute Gasteiger partial charge is 0.475 e. The molecule has 0 bridgehead atoms. The van der Waals surface area contributed by atoms with Crippen LogP contribution >= 0.6 is 0 Å². The number of nitrogens with one attached hydrogen (secondary N) is 1. The highest BCUT2D eigenvalue weighted by Gasteiger charge is 2.38. The summed E-state index contributed by atoms with van der Waals surface area (Å²) in [6.07, 6.45) is 0.0257. The van der Waals surface area contributed by atoms with Crippen LogP contribution in [0.2, 0.25) is 0 Å². The molecule has 0 unspecified atom stereocenters. The number of aliphatic carboxylic acids is 1. The Morgan fingerprint density at radius 3 is 2.23 bits per heavy atom. The van der Waals surface area contributed by atoms with E-state index in [0.717, 1.165) is 16.7 Å². The highest BCUT2D eigenvalue weighted by Crippen LogP contribution is 2.21. The first-order valence-electron chi connectivity index (χ1n) is 8.57. The Balaban J connectivity index is 0.000000396. The van der Waals surface area contributed by atoms with Crippen LogP contribution in [-0.4, -0.2) is 27.2 Å². The van der Waals surface area contributed by atoms with Gasteiger partial charge in [-0.05, 0) is 41.0 Å². The number of pyridine rings is 2. The molecule has 0 aliphatic heterocycles. The highest BCUT2D eigenvalue weighted by molar-refractivity contribution is 5.73. The maximum atomic E-state index is 14.2. The van der Waals surface area contributed by atoms with Crippen LogP contribution in [0, 0.1) is 5.82 Å². The van der Waals surface area contributed by atoms with Crippen LogP contribution in [-0.2, 0) is 17.9 Å². The number of carbonyl (C=O) groups is 1. The molecule has 0 saturated heterocycles. The largest absolute Gasteiger partial charge is 0.490 e. The number of hydrogen-bond donors (Lipinski definition) is 3. The number of halogens is 4. The van der Waals surface area contributed by atoms with E-state index in [-0.39, 0.29) is 5.82 Å². The van der Waals surface area contributed by atoms with Crippen molar-refractivity contribution in [2.24, 2.45) is 0 Å². The molecule has 0 spiro atoms. The second-order valence-electron chi connectivity index (χ2n) is 6.04. The number of carboxylic acids is 1. The molecule has 2 heterocycles. The topological polar surface area (TPSA) is 101 Å². The summed E-state index contributed by atoms with van der Waals surface area (Å²) in [4.78, 5) is 16.9. The quantitative estimate of drug-likeness (QED) is 0.541. The predicted molar refractivity (Wildman–Crippen MR) is 103 cm³/mol. The van der Waals surface area contributed by atoms with Gasteiger partial charge in [-0.2, -0.15) is 13.2 Å².